The van der Waals surface area contributed by atoms with Crippen LogP contribution in [-0.2, 0) is 14.3 Å². The van der Waals surface area contributed by atoms with Crippen LogP contribution in [0.2, 0.25) is 0 Å². The third kappa shape index (κ3) is 4.67. The summed E-state index contributed by atoms with van der Waals surface area (Å²) in [5.74, 6) is -0.0810. The first-order chi connectivity index (χ1) is 10.6. The van der Waals surface area contributed by atoms with Crippen molar-refractivity contribution in [2.24, 2.45) is 0 Å². The Morgan fingerprint density at radius 3 is 2.59 bits per heavy atom. The van der Waals surface area contributed by atoms with E-state index in [1.807, 2.05) is 18.7 Å². The summed E-state index contributed by atoms with van der Waals surface area (Å²) < 4.78 is 12.1. The molecule has 0 bridgehead atoms. The monoisotopic (exact) mass is 312 g/mol. The third-order valence-electron chi connectivity index (χ3n) is 4.82. The summed E-state index contributed by atoms with van der Waals surface area (Å²) in [4.78, 5) is 14.0. The van der Waals surface area contributed by atoms with Gasteiger partial charge >= 0.3 is 0 Å². The lowest BCUT2D eigenvalue weighted by Crippen LogP contribution is -2.41. The number of hydrogen-bond donors (Lipinski definition) is 1. The molecule has 2 aliphatic rings. The van der Waals surface area contributed by atoms with Gasteiger partial charge in [-0.05, 0) is 33.6 Å². The van der Waals surface area contributed by atoms with E-state index in [2.05, 4.69) is 12.2 Å². The highest BCUT2D eigenvalue weighted by Crippen LogP contribution is 2.37. The predicted octanol–water partition coefficient (Wildman–Crippen LogP) is 2.30. The van der Waals surface area contributed by atoms with Crippen molar-refractivity contribution in [1.29, 1.82) is 0 Å². The number of carbonyl (C=O) groups is 1. The van der Waals surface area contributed by atoms with E-state index in [9.17, 15) is 4.79 Å². The van der Waals surface area contributed by atoms with Crippen molar-refractivity contribution in [2.45, 2.75) is 77.2 Å². The van der Waals surface area contributed by atoms with Crippen molar-refractivity contribution >= 4 is 5.91 Å². The van der Waals surface area contributed by atoms with Gasteiger partial charge in [0.25, 0.3) is 0 Å². The SMILES string of the molecule is CCN(CC)C(=O)C[C@@H](C)NC[C@@H]1COC2(CCCCC2)O1. The molecule has 0 aromatic rings. The molecule has 0 aromatic carbocycles. The van der Waals surface area contributed by atoms with Crippen LogP contribution in [0, 0.1) is 0 Å². The zero-order valence-electron chi connectivity index (χ0n) is 14.4. The van der Waals surface area contributed by atoms with E-state index < -0.39 is 0 Å². The number of nitrogens with zero attached hydrogens (tertiary/aromatic N) is 1. The first-order valence-electron chi connectivity index (χ1n) is 8.91. The van der Waals surface area contributed by atoms with Gasteiger partial charge in [0.2, 0.25) is 5.91 Å². The Labute approximate surface area is 134 Å². The van der Waals surface area contributed by atoms with Gasteiger partial charge in [0, 0.05) is 44.9 Å². The Bertz CT molecular complexity index is 352. The van der Waals surface area contributed by atoms with Crippen LogP contribution in [0.5, 0.6) is 0 Å². The van der Waals surface area contributed by atoms with Gasteiger partial charge in [0.1, 0.15) is 0 Å². The van der Waals surface area contributed by atoms with E-state index in [0.717, 1.165) is 32.5 Å². The normalized spacial score (nSPS) is 25.3. The molecule has 2 fully saturated rings. The summed E-state index contributed by atoms with van der Waals surface area (Å²) in [6.07, 6.45) is 6.41. The van der Waals surface area contributed by atoms with Crippen LogP contribution in [0.25, 0.3) is 0 Å². The number of rotatable bonds is 7. The quantitative estimate of drug-likeness (QED) is 0.784. The van der Waals surface area contributed by atoms with Crippen LogP contribution in [-0.4, -0.2) is 55.0 Å². The molecule has 1 N–H and O–H groups in total. The number of ether oxygens (including phenoxy) is 2. The molecular weight excluding hydrogens is 280 g/mol. The van der Waals surface area contributed by atoms with Gasteiger partial charge in [-0.15, -0.1) is 0 Å². The fourth-order valence-corrected chi connectivity index (χ4v) is 3.44. The average molecular weight is 312 g/mol. The van der Waals surface area contributed by atoms with Crippen molar-refractivity contribution in [3.63, 3.8) is 0 Å². The minimum Gasteiger partial charge on any atom is -0.347 e. The maximum absolute atomic E-state index is 12.1. The van der Waals surface area contributed by atoms with E-state index in [4.69, 9.17) is 9.47 Å². The van der Waals surface area contributed by atoms with Crippen molar-refractivity contribution in [3.8, 4) is 0 Å². The second-order valence-electron chi connectivity index (χ2n) is 6.60. The molecule has 2 rings (SSSR count). The second-order valence-corrected chi connectivity index (χ2v) is 6.60. The summed E-state index contributed by atoms with van der Waals surface area (Å²) in [5, 5.41) is 3.43. The van der Waals surface area contributed by atoms with Crippen molar-refractivity contribution in [1.82, 2.24) is 10.2 Å². The second kappa shape index (κ2) is 8.27. The highest BCUT2D eigenvalue weighted by Gasteiger charge is 2.42. The van der Waals surface area contributed by atoms with E-state index in [1.165, 1.54) is 19.3 Å². The Morgan fingerprint density at radius 2 is 1.95 bits per heavy atom. The van der Waals surface area contributed by atoms with E-state index >= 15 is 0 Å². The summed E-state index contributed by atoms with van der Waals surface area (Å²) in [5.41, 5.74) is 0. The number of nitrogens with one attached hydrogen (secondary N) is 1. The van der Waals surface area contributed by atoms with E-state index in [1.54, 1.807) is 0 Å². The van der Waals surface area contributed by atoms with Crippen molar-refractivity contribution in [3.05, 3.63) is 0 Å². The Kier molecular flexibility index (Phi) is 6.66. The van der Waals surface area contributed by atoms with Gasteiger partial charge in [-0.3, -0.25) is 4.79 Å². The Balaban J connectivity index is 1.68. The van der Waals surface area contributed by atoms with Crippen LogP contribution >= 0.6 is 0 Å². The molecule has 1 saturated carbocycles. The predicted molar refractivity (Wildman–Crippen MR) is 86.7 cm³/mol. The molecule has 1 amide bonds. The molecule has 1 saturated heterocycles. The van der Waals surface area contributed by atoms with Gasteiger partial charge < -0.3 is 19.7 Å². The van der Waals surface area contributed by atoms with Crippen LogP contribution in [0.1, 0.15) is 59.3 Å². The van der Waals surface area contributed by atoms with Crippen molar-refractivity contribution in [2.75, 3.05) is 26.2 Å². The summed E-state index contributed by atoms with van der Waals surface area (Å²) >= 11 is 0. The fourth-order valence-electron chi connectivity index (χ4n) is 3.44. The van der Waals surface area contributed by atoms with Crippen LogP contribution in [0.4, 0.5) is 0 Å². The molecule has 2 atom stereocenters. The lowest BCUT2D eigenvalue weighted by atomic mass is 9.94. The van der Waals surface area contributed by atoms with Crippen LogP contribution < -0.4 is 5.32 Å². The third-order valence-corrected chi connectivity index (χ3v) is 4.82. The number of amides is 1. The standard InChI is InChI=1S/C17H32N2O3/c1-4-19(5-2)16(20)11-14(3)18-12-15-13-21-17(22-15)9-7-6-8-10-17/h14-15,18H,4-13H2,1-3H3/t14-,15-/m1/s1. The highest BCUT2D eigenvalue weighted by molar-refractivity contribution is 5.76. The van der Waals surface area contributed by atoms with Gasteiger partial charge in [-0.2, -0.15) is 0 Å². The maximum Gasteiger partial charge on any atom is 0.224 e. The smallest absolute Gasteiger partial charge is 0.224 e. The van der Waals surface area contributed by atoms with Crippen molar-refractivity contribution < 1.29 is 14.3 Å². The molecule has 128 valence electrons. The molecule has 0 radical (unpaired) electrons. The van der Waals surface area contributed by atoms with Gasteiger partial charge in [0.15, 0.2) is 5.79 Å². The van der Waals surface area contributed by atoms with Gasteiger partial charge in [-0.25, -0.2) is 0 Å². The molecule has 1 spiro atoms. The summed E-state index contributed by atoms with van der Waals surface area (Å²) in [6.45, 7) is 9.10. The number of hydrogen-bond acceptors (Lipinski definition) is 4. The average Bonchev–Trinajstić information content (AvgIpc) is 2.90. The van der Waals surface area contributed by atoms with E-state index in [-0.39, 0.29) is 23.8 Å². The lowest BCUT2D eigenvalue weighted by molar-refractivity contribution is -0.186. The molecule has 5 nitrogen and oxygen atoms in total. The largest absolute Gasteiger partial charge is 0.347 e. The fraction of sp³-hybridized carbons (Fsp3) is 0.941. The molecule has 1 aliphatic heterocycles. The molecular formula is C17H32N2O3. The lowest BCUT2D eigenvalue weighted by Gasteiger charge is -2.31. The maximum atomic E-state index is 12.1. The zero-order chi connectivity index (χ0) is 16.0. The molecule has 1 heterocycles. The Morgan fingerprint density at radius 1 is 1.27 bits per heavy atom. The number of carbonyl (C=O) groups excluding carboxylic acids is 1. The van der Waals surface area contributed by atoms with E-state index in [0.29, 0.717) is 13.0 Å². The van der Waals surface area contributed by atoms with Gasteiger partial charge in [0.05, 0.1) is 12.7 Å². The first-order valence-corrected chi connectivity index (χ1v) is 8.91. The van der Waals surface area contributed by atoms with Gasteiger partial charge in [-0.1, -0.05) is 6.42 Å². The summed E-state index contributed by atoms with van der Waals surface area (Å²) in [6, 6.07) is 0.166. The highest BCUT2D eigenvalue weighted by atomic mass is 16.7. The molecule has 5 heteroatoms. The topological polar surface area (TPSA) is 50.8 Å². The molecule has 22 heavy (non-hydrogen) atoms. The molecule has 0 unspecified atom stereocenters. The minimum atomic E-state index is -0.301. The molecule has 0 aromatic heterocycles. The zero-order valence-corrected chi connectivity index (χ0v) is 14.4. The molecule has 1 aliphatic carbocycles. The van der Waals surface area contributed by atoms with Crippen LogP contribution in [0.15, 0.2) is 0 Å². The summed E-state index contributed by atoms with van der Waals surface area (Å²) in [7, 11) is 0. The van der Waals surface area contributed by atoms with Crippen LogP contribution in [0.3, 0.4) is 0 Å². The minimum absolute atomic E-state index is 0.115. The Hall–Kier alpha value is -0.650. The first kappa shape index (κ1) is 17.7.